The maximum Gasteiger partial charge on any atom is 0.150 e. The number of hydrogen-bond acceptors (Lipinski definition) is 3. The molecule has 0 radical (unpaired) electrons. The zero-order valence-electron chi connectivity index (χ0n) is 9.19. The Morgan fingerprint density at radius 2 is 2.07 bits per heavy atom. The third-order valence-electron chi connectivity index (χ3n) is 2.22. The van der Waals surface area contributed by atoms with Gasteiger partial charge in [-0.15, -0.1) is 0 Å². The van der Waals surface area contributed by atoms with Crippen LogP contribution in [-0.2, 0) is 19.4 Å². The van der Waals surface area contributed by atoms with Crippen molar-refractivity contribution in [2.24, 2.45) is 5.92 Å². The van der Waals surface area contributed by atoms with Gasteiger partial charge in [-0.2, -0.15) is 17.7 Å². The van der Waals surface area contributed by atoms with Gasteiger partial charge in [-0.05, 0) is 11.7 Å². The average Bonchev–Trinajstić information content (AvgIpc) is 2.60. The fourth-order valence-electron chi connectivity index (χ4n) is 1.34. The highest BCUT2D eigenvalue weighted by Crippen LogP contribution is 2.06. The molecule has 1 rings (SSSR count). The van der Waals surface area contributed by atoms with Gasteiger partial charge in [0.25, 0.3) is 0 Å². The smallest absolute Gasteiger partial charge is 0.150 e. The predicted octanol–water partition coefficient (Wildman–Crippen LogP) is 1.97. The summed E-state index contributed by atoms with van der Waals surface area (Å²) in [5, 5.41) is 4.46. The van der Waals surface area contributed by atoms with Crippen molar-refractivity contribution in [1.82, 2.24) is 14.8 Å². The number of hydrogen-bond donors (Lipinski definition) is 1. The molecular weight excluding hydrogens is 194 g/mol. The third kappa shape index (κ3) is 2.74. The largest absolute Gasteiger partial charge is 0.250 e. The van der Waals surface area contributed by atoms with E-state index < -0.39 is 0 Å². The van der Waals surface area contributed by atoms with E-state index in [1.165, 1.54) is 0 Å². The van der Waals surface area contributed by atoms with Crippen LogP contribution in [0.25, 0.3) is 0 Å². The molecule has 0 aliphatic rings. The molecule has 0 fully saturated rings. The summed E-state index contributed by atoms with van der Waals surface area (Å²) in [6.07, 6.45) is 1.86. The highest BCUT2D eigenvalue weighted by Gasteiger charge is 2.09. The first-order valence-electron chi connectivity index (χ1n) is 5.24. The fraction of sp³-hybridized carbons (Fsp3) is 0.800. The average molecular weight is 213 g/mol. The molecule has 0 aromatic carbocycles. The van der Waals surface area contributed by atoms with Gasteiger partial charge in [0.1, 0.15) is 5.82 Å². The Kier molecular flexibility index (Phi) is 4.45. The lowest BCUT2D eigenvalue weighted by atomic mass is 10.2. The fourth-order valence-corrected chi connectivity index (χ4v) is 1.45. The van der Waals surface area contributed by atoms with Crippen molar-refractivity contribution < 1.29 is 0 Å². The standard InChI is InChI=1S/C10H19N3S/c1-4-9-11-10(5-2)13(12-9)6-8(3)7-14/h8,14H,4-7H2,1-3H3. The van der Waals surface area contributed by atoms with Crippen molar-refractivity contribution in [3.63, 3.8) is 0 Å². The van der Waals surface area contributed by atoms with Gasteiger partial charge in [0, 0.05) is 19.4 Å². The first-order chi connectivity index (χ1) is 6.71. The summed E-state index contributed by atoms with van der Waals surface area (Å²) in [6, 6.07) is 0. The first-order valence-corrected chi connectivity index (χ1v) is 5.87. The molecule has 0 bridgehead atoms. The van der Waals surface area contributed by atoms with Gasteiger partial charge in [0.15, 0.2) is 5.82 Å². The maximum absolute atomic E-state index is 4.46. The quantitative estimate of drug-likeness (QED) is 0.758. The van der Waals surface area contributed by atoms with E-state index in [1.54, 1.807) is 0 Å². The van der Waals surface area contributed by atoms with Crippen LogP contribution in [0.15, 0.2) is 0 Å². The lowest BCUT2D eigenvalue weighted by Crippen LogP contribution is -2.13. The molecule has 1 atom stereocenters. The summed E-state index contributed by atoms with van der Waals surface area (Å²) in [5.74, 6) is 3.49. The first kappa shape index (κ1) is 11.6. The molecule has 14 heavy (non-hydrogen) atoms. The molecule has 0 amide bonds. The minimum absolute atomic E-state index is 0.551. The molecule has 3 nitrogen and oxygen atoms in total. The topological polar surface area (TPSA) is 30.7 Å². The van der Waals surface area contributed by atoms with Crippen LogP contribution >= 0.6 is 12.6 Å². The van der Waals surface area contributed by atoms with Crippen molar-refractivity contribution in [2.45, 2.75) is 40.2 Å². The van der Waals surface area contributed by atoms with Crippen LogP contribution in [0.3, 0.4) is 0 Å². The molecule has 80 valence electrons. The van der Waals surface area contributed by atoms with Crippen LogP contribution in [-0.4, -0.2) is 20.5 Å². The summed E-state index contributed by atoms with van der Waals surface area (Å²) in [4.78, 5) is 4.46. The predicted molar refractivity (Wildman–Crippen MR) is 61.8 cm³/mol. The Morgan fingerprint density at radius 3 is 2.57 bits per heavy atom. The summed E-state index contributed by atoms with van der Waals surface area (Å²) in [5.41, 5.74) is 0. The molecule has 1 aromatic rings. The Morgan fingerprint density at radius 1 is 1.36 bits per heavy atom. The van der Waals surface area contributed by atoms with E-state index in [1.807, 2.05) is 4.68 Å². The van der Waals surface area contributed by atoms with Gasteiger partial charge < -0.3 is 0 Å². The van der Waals surface area contributed by atoms with E-state index in [9.17, 15) is 0 Å². The van der Waals surface area contributed by atoms with Crippen LogP contribution in [0.4, 0.5) is 0 Å². The number of thiol groups is 1. The van der Waals surface area contributed by atoms with E-state index in [4.69, 9.17) is 0 Å². The molecule has 0 saturated carbocycles. The Labute approximate surface area is 91.3 Å². The normalized spacial score (nSPS) is 13.1. The van der Waals surface area contributed by atoms with Crippen LogP contribution < -0.4 is 0 Å². The number of rotatable bonds is 5. The molecule has 1 aromatic heterocycles. The van der Waals surface area contributed by atoms with Gasteiger partial charge in [-0.25, -0.2) is 9.67 Å². The zero-order chi connectivity index (χ0) is 10.6. The molecule has 1 heterocycles. The molecule has 0 aliphatic carbocycles. The lowest BCUT2D eigenvalue weighted by molar-refractivity contribution is 0.472. The van der Waals surface area contributed by atoms with Gasteiger partial charge in [-0.3, -0.25) is 0 Å². The molecule has 4 heteroatoms. The van der Waals surface area contributed by atoms with Gasteiger partial charge in [-0.1, -0.05) is 20.8 Å². The Bertz CT molecular complexity index is 283. The molecule has 0 saturated heterocycles. The summed E-state index contributed by atoms with van der Waals surface area (Å²) >= 11 is 4.28. The van der Waals surface area contributed by atoms with E-state index in [-0.39, 0.29) is 0 Å². The molecule has 0 aliphatic heterocycles. The molecule has 1 unspecified atom stereocenters. The minimum Gasteiger partial charge on any atom is -0.250 e. The van der Waals surface area contributed by atoms with E-state index in [0.29, 0.717) is 5.92 Å². The van der Waals surface area contributed by atoms with Crippen molar-refractivity contribution in [3.05, 3.63) is 11.6 Å². The van der Waals surface area contributed by atoms with E-state index in [0.717, 1.165) is 36.8 Å². The number of aromatic nitrogens is 3. The molecule has 0 spiro atoms. The highest BCUT2D eigenvalue weighted by molar-refractivity contribution is 7.80. The van der Waals surface area contributed by atoms with Gasteiger partial charge >= 0.3 is 0 Å². The minimum atomic E-state index is 0.551. The Hall–Kier alpha value is -0.510. The third-order valence-corrected chi connectivity index (χ3v) is 2.84. The second kappa shape index (κ2) is 5.39. The van der Waals surface area contributed by atoms with Crippen molar-refractivity contribution in [2.75, 3.05) is 5.75 Å². The highest BCUT2D eigenvalue weighted by atomic mass is 32.1. The maximum atomic E-state index is 4.46. The van der Waals surface area contributed by atoms with Crippen LogP contribution in [0.2, 0.25) is 0 Å². The van der Waals surface area contributed by atoms with Crippen molar-refractivity contribution in [3.8, 4) is 0 Å². The summed E-state index contributed by atoms with van der Waals surface area (Å²) in [6.45, 7) is 7.31. The zero-order valence-corrected chi connectivity index (χ0v) is 10.1. The van der Waals surface area contributed by atoms with Crippen LogP contribution in [0, 0.1) is 5.92 Å². The van der Waals surface area contributed by atoms with Crippen LogP contribution in [0.1, 0.15) is 32.4 Å². The molecule has 0 N–H and O–H groups in total. The number of aryl methyl sites for hydroxylation is 2. The van der Waals surface area contributed by atoms with Gasteiger partial charge in [0.05, 0.1) is 0 Å². The summed E-state index contributed by atoms with van der Waals surface area (Å²) < 4.78 is 2.03. The monoisotopic (exact) mass is 213 g/mol. The Balaban J connectivity index is 2.78. The lowest BCUT2D eigenvalue weighted by Gasteiger charge is -2.09. The van der Waals surface area contributed by atoms with Crippen molar-refractivity contribution >= 4 is 12.6 Å². The van der Waals surface area contributed by atoms with Gasteiger partial charge in [0.2, 0.25) is 0 Å². The second-order valence-corrected chi connectivity index (χ2v) is 3.99. The van der Waals surface area contributed by atoms with E-state index >= 15 is 0 Å². The second-order valence-electron chi connectivity index (χ2n) is 3.62. The summed E-state index contributed by atoms with van der Waals surface area (Å²) in [7, 11) is 0. The molecular formula is C10H19N3S. The van der Waals surface area contributed by atoms with Crippen LogP contribution in [0.5, 0.6) is 0 Å². The SMILES string of the molecule is CCc1nc(CC)n(CC(C)CS)n1. The van der Waals surface area contributed by atoms with Crippen molar-refractivity contribution in [1.29, 1.82) is 0 Å². The van der Waals surface area contributed by atoms with E-state index in [2.05, 4.69) is 43.5 Å². The number of nitrogens with zero attached hydrogens (tertiary/aromatic N) is 3.